The number of ether oxygens (including phenoxy) is 2. The third-order valence-electron chi connectivity index (χ3n) is 6.64. The Morgan fingerprint density at radius 1 is 1.03 bits per heavy atom. The van der Waals surface area contributed by atoms with Crippen LogP contribution >= 0.6 is 0 Å². The van der Waals surface area contributed by atoms with E-state index in [9.17, 15) is 18.0 Å². The molecule has 0 radical (unpaired) electrons. The van der Waals surface area contributed by atoms with Gasteiger partial charge in [-0.2, -0.15) is 0 Å². The minimum absolute atomic E-state index is 0.0507. The Morgan fingerprint density at radius 3 is 2.42 bits per heavy atom. The molecule has 4 rings (SSSR count). The standard InChI is InChI=1S/C26H33N3O6S/c1-19(26(31)27-21-11-7-4-8-12-21)28(16-20-9-5-3-6-10-20)25(30)17-29(36(2,32)33)22-13-14-23-24(15-22)35-18-34-23/h3,5-6,9-10,13-15,19,21H,4,7-8,11-12,16-18H2,1-2H3,(H,27,31)/t19-/m0/s1. The number of carbonyl (C=O) groups excluding carboxylic acids is 2. The van der Waals surface area contributed by atoms with E-state index in [-0.39, 0.29) is 31.0 Å². The molecule has 1 aliphatic carbocycles. The van der Waals surface area contributed by atoms with Crippen LogP contribution in [0.5, 0.6) is 11.5 Å². The molecule has 10 heteroatoms. The Bertz CT molecular complexity index is 1180. The van der Waals surface area contributed by atoms with Crippen molar-refractivity contribution >= 4 is 27.5 Å². The van der Waals surface area contributed by atoms with Gasteiger partial charge >= 0.3 is 0 Å². The number of amides is 2. The summed E-state index contributed by atoms with van der Waals surface area (Å²) < 4.78 is 37.2. The average molecular weight is 516 g/mol. The summed E-state index contributed by atoms with van der Waals surface area (Å²) >= 11 is 0. The van der Waals surface area contributed by atoms with Gasteiger partial charge in [0.2, 0.25) is 28.6 Å². The molecule has 0 unspecified atom stereocenters. The zero-order valence-electron chi connectivity index (χ0n) is 20.7. The summed E-state index contributed by atoms with van der Waals surface area (Å²) in [4.78, 5) is 28.2. The molecule has 9 nitrogen and oxygen atoms in total. The normalized spacial score (nSPS) is 16.3. The van der Waals surface area contributed by atoms with Crippen molar-refractivity contribution in [2.24, 2.45) is 0 Å². The van der Waals surface area contributed by atoms with E-state index in [2.05, 4.69) is 5.32 Å². The second-order valence-electron chi connectivity index (χ2n) is 9.33. The molecule has 194 valence electrons. The van der Waals surface area contributed by atoms with Crippen LogP contribution in [0.1, 0.15) is 44.6 Å². The van der Waals surface area contributed by atoms with Gasteiger partial charge in [0.15, 0.2) is 11.5 Å². The summed E-state index contributed by atoms with van der Waals surface area (Å²) in [7, 11) is -3.82. The summed E-state index contributed by atoms with van der Waals surface area (Å²) in [6, 6.07) is 13.4. The predicted molar refractivity (Wildman–Crippen MR) is 136 cm³/mol. The Kier molecular flexibility index (Phi) is 8.03. The van der Waals surface area contributed by atoms with Crippen molar-refractivity contribution < 1.29 is 27.5 Å². The molecule has 1 saturated carbocycles. The van der Waals surface area contributed by atoms with E-state index in [1.807, 2.05) is 30.3 Å². The molecule has 1 heterocycles. The van der Waals surface area contributed by atoms with Crippen LogP contribution in [0.3, 0.4) is 0 Å². The third-order valence-corrected chi connectivity index (χ3v) is 7.78. The van der Waals surface area contributed by atoms with Crippen molar-refractivity contribution in [1.29, 1.82) is 0 Å². The van der Waals surface area contributed by atoms with Crippen LogP contribution < -0.4 is 19.1 Å². The molecule has 1 aliphatic heterocycles. The van der Waals surface area contributed by atoms with Crippen LogP contribution in [0.4, 0.5) is 5.69 Å². The SMILES string of the molecule is C[C@@H](C(=O)NC1CCCCC1)N(Cc1ccccc1)C(=O)CN(c1ccc2c(c1)OCO2)S(C)(=O)=O. The van der Waals surface area contributed by atoms with Crippen LogP contribution in [0.2, 0.25) is 0 Å². The number of carbonyl (C=O) groups is 2. The lowest BCUT2D eigenvalue weighted by Crippen LogP contribution is -2.52. The van der Waals surface area contributed by atoms with E-state index in [0.717, 1.165) is 41.8 Å². The molecule has 1 N–H and O–H groups in total. The highest BCUT2D eigenvalue weighted by Crippen LogP contribution is 2.36. The van der Waals surface area contributed by atoms with Gasteiger partial charge in [0.25, 0.3) is 0 Å². The zero-order valence-corrected chi connectivity index (χ0v) is 21.5. The number of benzene rings is 2. The second-order valence-corrected chi connectivity index (χ2v) is 11.2. The lowest BCUT2D eigenvalue weighted by molar-refractivity contribution is -0.139. The van der Waals surface area contributed by atoms with Crippen molar-refractivity contribution in [3.05, 3.63) is 54.1 Å². The Balaban J connectivity index is 1.57. The first kappa shape index (κ1) is 25.8. The highest BCUT2D eigenvalue weighted by molar-refractivity contribution is 7.92. The lowest BCUT2D eigenvalue weighted by atomic mass is 9.95. The molecule has 0 spiro atoms. The monoisotopic (exact) mass is 515 g/mol. The minimum atomic E-state index is -3.82. The first-order valence-corrected chi connectivity index (χ1v) is 14.1. The van der Waals surface area contributed by atoms with Crippen LogP contribution in [0.15, 0.2) is 48.5 Å². The van der Waals surface area contributed by atoms with Crippen molar-refractivity contribution in [3.63, 3.8) is 0 Å². The van der Waals surface area contributed by atoms with Gasteiger partial charge in [0.05, 0.1) is 11.9 Å². The maximum absolute atomic E-state index is 13.6. The van der Waals surface area contributed by atoms with Gasteiger partial charge in [-0.1, -0.05) is 49.6 Å². The van der Waals surface area contributed by atoms with Gasteiger partial charge in [-0.15, -0.1) is 0 Å². The van der Waals surface area contributed by atoms with E-state index in [1.165, 1.54) is 17.4 Å². The van der Waals surface area contributed by atoms with Gasteiger partial charge in [-0.25, -0.2) is 8.42 Å². The fraction of sp³-hybridized carbons (Fsp3) is 0.462. The molecule has 0 aromatic heterocycles. The summed E-state index contributed by atoms with van der Waals surface area (Å²) in [5, 5.41) is 3.09. The molecule has 0 saturated heterocycles. The molecule has 36 heavy (non-hydrogen) atoms. The summed E-state index contributed by atoms with van der Waals surface area (Å²) in [5.74, 6) is 0.209. The van der Waals surface area contributed by atoms with Crippen LogP contribution in [0.25, 0.3) is 0 Å². The first-order chi connectivity index (χ1) is 17.2. The van der Waals surface area contributed by atoms with E-state index < -0.39 is 28.5 Å². The van der Waals surface area contributed by atoms with E-state index in [1.54, 1.807) is 19.1 Å². The second kappa shape index (κ2) is 11.2. The highest BCUT2D eigenvalue weighted by atomic mass is 32.2. The number of hydrogen-bond donors (Lipinski definition) is 1. The largest absolute Gasteiger partial charge is 0.454 e. The summed E-state index contributed by atoms with van der Waals surface area (Å²) in [6.45, 7) is 1.46. The predicted octanol–water partition coefficient (Wildman–Crippen LogP) is 3.05. The number of nitrogens with zero attached hydrogens (tertiary/aromatic N) is 2. The highest BCUT2D eigenvalue weighted by Gasteiger charge is 2.31. The van der Waals surface area contributed by atoms with E-state index >= 15 is 0 Å². The van der Waals surface area contributed by atoms with E-state index in [0.29, 0.717) is 11.5 Å². The first-order valence-electron chi connectivity index (χ1n) is 12.2. The van der Waals surface area contributed by atoms with Crippen molar-refractivity contribution in [2.75, 3.05) is 23.9 Å². The number of nitrogens with one attached hydrogen (secondary N) is 1. The fourth-order valence-electron chi connectivity index (χ4n) is 4.59. The number of sulfonamides is 1. The molecule has 0 bridgehead atoms. The van der Waals surface area contributed by atoms with Gasteiger partial charge in [0, 0.05) is 18.7 Å². The van der Waals surface area contributed by atoms with Gasteiger partial charge in [-0.3, -0.25) is 13.9 Å². The lowest BCUT2D eigenvalue weighted by Gasteiger charge is -2.33. The Labute approximate surface area is 212 Å². The van der Waals surface area contributed by atoms with Gasteiger partial charge < -0.3 is 19.7 Å². The number of anilines is 1. The number of rotatable bonds is 9. The molecule has 2 aliphatic rings. The molecule has 2 aromatic rings. The fourth-order valence-corrected chi connectivity index (χ4v) is 5.43. The smallest absolute Gasteiger partial charge is 0.244 e. The summed E-state index contributed by atoms with van der Waals surface area (Å²) in [6.07, 6.45) is 6.22. The molecule has 2 amide bonds. The molecule has 2 aromatic carbocycles. The summed E-state index contributed by atoms with van der Waals surface area (Å²) in [5.41, 5.74) is 1.13. The maximum atomic E-state index is 13.6. The quantitative estimate of drug-likeness (QED) is 0.550. The Morgan fingerprint density at radius 2 is 1.72 bits per heavy atom. The van der Waals surface area contributed by atoms with Crippen molar-refractivity contribution in [3.8, 4) is 11.5 Å². The number of fused-ring (bicyclic) bond motifs is 1. The molecular weight excluding hydrogens is 482 g/mol. The Hall–Kier alpha value is -3.27. The zero-order chi connectivity index (χ0) is 25.7. The van der Waals surface area contributed by atoms with Gasteiger partial charge in [0.1, 0.15) is 12.6 Å². The average Bonchev–Trinajstić information content (AvgIpc) is 3.34. The third kappa shape index (κ3) is 6.29. The topological polar surface area (TPSA) is 105 Å². The maximum Gasteiger partial charge on any atom is 0.244 e. The minimum Gasteiger partial charge on any atom is -0.454 e. The van der Waals surface area contributed by atoms with Crippen molar-refractivity contribution in [2.45, 2.75) is 57.7 Å². The van der Waals surface area contributed by atoms with Crippen LogP contribution in [-0.2, 0) is 26.2 Å². The van der Waals surface area contributed by atoms with Crippen LogP contribution in [0, 0.1) is 0 Å². The van der Waals surface area contributed by atoms with Crippen LogP contribution in [-0.4, -0.2) is 56.8 Å². The molecular formula is C26H33N3O6S. The van der Waals surface area contributed by atoms with Crippen molar-refractivity contribution in [1.82, 2.24) is 10.2 Å². The number of hydrogen-bond acceptors (Lipinski definition) is 6. The molecule has 1 fully saturated rings. The van der Waals surface area contributed by atoms with Gasteiger partial charge in [-0.05, 0) is 37.5 Å². The van der Waals surface area contributed by atoms with E-state index in [4.69, 9.17) is 9.47 Å². The molecule has 1 atom stereocenters.